The van der Waals surface area contributed by atoms with Crippen LogP contribution in [-0.2, 0) is 61.6 Å². The van der Waals surface area contributed by atoms with Crippen LogP contribution in [0.3, 0.4) is 0 Å². The van der Waals surface area contributed by atoms with Crippen molar-refractivity contribution in [1.82, 2.24) is 0 Å². The van der Waals surface area contributed by atoms with E-state index >= 15 is 0 Å². The summed E-state index contributed by atoms with van der Waals surface area (Å²) in [6, 6.07) is 0. The highest BCUT2D eigenvalue weighted by Crippen LogP contribution is 2.71. The zero-order valence-corrected chi connectivity index (χ0v) is 50.9. The van der Waals surface area contributed by atoms with E-state index in [0.717, 1.165) is 45.4 Å². The van der Waals surface area contributed by atoms with Gasteiger partial charge in [-0.1, -0.05) is 27.7 Å². The zero-order valence-electron chi connectivity index (χ0n) is 50.9. The fraction of sp³-hybridized carbons (Fsp3) is 0.983. The van der Waals surface area contributed by atoms with Gasteiger partial charge in [0.2, 0.25) is 0 Å². The first-order valence-corrected chi connectivity index (χ1v) is 31.8. The molecule has 0 amide bonds. The van der Waals surface area contributed by atoms with E-state index in [9.17, 15) is 91.6 Å². The monoisotopic (exact) mass is 1290 g/mol. The van der Waals surface area contributed by atoms with Gasteiger partial charge in [-0.2, -0.15) is 0 Å². The van der Waals surface area contributed by atoms with Gasteiger partial charge >= 0.3 is 5.97 Å². The first-order chi connectivity index (χ1) is 42.1. The number of aliphatic hydroxyl groups excluding tert-OH is 16. The van der Waals surface area contributed by atoms with Crippen LogP contribution < -0.4 is 0 Å². The first-order valence-electron chi connectivity index (χ1n) is 31.8. The normalized spacial score (nSPS) is 53.7. The lowest BCUT2D eigenvalue weighted by Gasteiger charge is -2.61. The molecule has 10 fully saturated rings. The molecule has 6 aliphatic heterocycles. The van der Waals surface area contributed by atoms with E-state index in [0.29, 0.717) is 43.4 Å². The minimum absolute atomic E-state index is 0.0551. The minimum Gasteiger partial charge on any atom is -0.463 e. The van der Waals surface area contributed by atoms with Crippen molar-refractivity contribution in [3.05, 3.63) is 0 Å². The topological polar surface area (TPSA) is 472 Å². The summed E-state index contributed by atoms with van der Waals surface area (Å²) in [4.78, 5) is 12.1. The fourth-order valence-corrected chi connectivity index (χ4v) is 17.3. The van der Waals surface area contributed by atoms with Crippen molar-refractivity contribution in [3.63, 3.8) is 0 Å². The molecule has 0 aromatic carbocycles. The third-order valence-electron chi connectivity index (χ3n) is 22.5. The number of ether oxygens (including phenoxy) is 12. The number of hydrogen-bond acceptors (Lipinski definition) is 30. The van der Waals surface area contributed by atoms with E-state index < -0.39 is 204 Å². The van der Waals surface area contributed by atoms with Crippen molar-refractivity contribution in [2.75, 3.05) is 39.6 Å². The largest absolute Gasteiger partial charge is 0.463 e. The Morgan fingerprint density at radius 1 is 0.528 bits per heavy atom. The lowest BCUT2D eigenvalue weighted by Crippen LogP contribution is -2.69. The number of hydrogen-bond donors (Lipinski definition) is 17. The molecule has 0 unspecified atom stereocenters. The van der Waals surface area contributed by atoms with E-state index in [1.807, 2.05) is 6.92 Å². The Kier molecular flexibility index (Phi) is 22.2. The molecule has 0 spiro atoms. The van der Waals surface area contributed by atoms with Crippen LogP contribution in [0, 0.1) is 52.3 Å². The van der Waals surface area contributed by atoms with Crippen LogP contribution in [0.4, 0.5) is 0 Å². The molecule has 6 heterocycles. The number of fused-ring (bicyclic) bond motifs is 7. The molecule has 4 aliphatic carbocycles. The Bertz CT molecular complexity index is 2310. The van der Waals surface area contributed by atoms with Crippen LogP contribution in [0.1, 0.15) is 98.8 Å². The number of esters is 1. The molecule has 0 bridgehead atoms. The highest BCUT2D eigenvalue weighted by Gasteiger charge is 2.69. The molecule has 17 N–H and O–H groups in total. The van der Waals surface area contributed by atoms with Crippen molar-refractivity contribution in [3.8, 4) is 0 Å². The third-order valence-corrected chi connectivity index (χ3v) is 22.5. The van der Waals surface area contributed by atoms with Gasteiger partial charge in [0.25, 0.3) is 0 Å². The lowest BCUT2D eigenvalue weighted by molar-refractivity contribution is -0.406. The summed E-state index contributed by atoms with van der Waals surface area (Å²) in [5.74, 6) is -0.882. The maximum absolute atomic E-state index is 12.2. The number of aliphatic hydroxyl groups is 17. The van der Waals surface area contributed by atoms with Gasteiger partial charge in [-0.05, 0) is 104 Å². The second-order valence-electron chi connectivity index (χ2n) is 27.7. The van der Waals surface area contributed by atoms with Gasteiger partial charge in [-0.25, -0.2) is 0 Å². The summed E-state index contributed by atoms with van der Waals surface area (Å²) in [5.41, 5.74) is -0.130. The summed E-state index contributed by atoms with van der Waals surface area (Å²) >= 11 is 0. The molecule has 89 heavy (non-hydrogen) atoms. The van der Waals surface area contributed by atoms with E-state index in [1.54, 1.807) is 0 Å². The summed E-state index contributed by atoms with van der Waals surface area (Å²) in [7, 11) is 0. The van der Waals surface area contributed by atoms with Gasteiger partial charge < -0.3 is 144 Å². The molecule has 0 aromatic heterocycles. The van der Waals surface area contributed by atoms with Crippen molar-refractivity contribution >= 4 is 5.97 Å². The van der Waals surface area contributed by atoms with Gasteiger partial charge in [-0.15, -0.1) is 0 Å². The van der Waals surface area contributed by atoms with Crippen LogP contribution in [0.25, 0.3) is 0 Å². The van der Waals surface area contributed by atoms with Crippen LogP contribution in [-0.4, -0.2) is 304 Å². The summed E-state index contributed by atoms with van der Waals surface area (Å²) in [5, 5.41) is 184. The highest BCUT2D eigenvalue weighted by atomic mass is 16.8. The molecule has 6 saturated heterocycles. The molecule has 4 saturated carbocycles. The predicted octanol–water partition coefficient (Wildman–Crippen LogP) is -5.56. The van der Waals surface area contributed by atoms with E-state index in [1.165, 1.54) is 0 Å². The van der Waals surface area contributed by atoms with E-state index in [4.69, 9.17) is 56.8 Å². The smallest absolute Gasteiger partial charge is 0.302 e. The lowest BCUT2D eigenvalue weighted by atomic mass is 9.44. The third kappa shape index (κ3) is 13.4. The fourth-order valence-electron chi connectivity index (χ4n) is 17.3. The molecule has 37 atom stereocenters. The van der Waals surface area contributed by atoms with Gasteiger partial charge in [0.1, 0.15) is 129 Å². The Labute approximate surface area is 515 Å². The second-order valence-corrected chi connectivity index (χ2v) is 27.7. The van der Waals surface area contributed by atoms with Gasteiger partial charge in [0.05, 0.1) is 45.2 Å². The molecule has 10 rings (SSSR count). The van der Waals surface area contributed by atoms with E-state index in [-0.39, 0.29) is 47.2 Å². The second kappa shape index (κ2) is 28.2. The summed E-state index contributed by atoms with van der Waals surface area (Å²) in [6.07, 6.45) is -36.9. The van der Waals surface area contributed by atoms with Crippen molar-refractivity contribution in [2.45, 2.75) is 270 Å². The number of carbonyl (C=O) groups is 1. The maximum atomic E-state index is 12.2. The first kappa shape index (κ1) is 70.2. The standard InChI is InChI=1S/C59H98O30/c1-22(20-79-52-45(73)41(69)37(65)31(16-60)81-52)8-13-59(77)23(2)36-30(89-59)15-29-27-7-6-25-14-26(9-11-57(25,4)28(27)10-12-58(29,36)5)80-53-48(76)44(72)49(34(19-63)84-53)86-56-51(88-55-47(75)43(71)39(67)33(18-62)83-55)50(40(68)35(85-56)21-78-24(3)64)87-54-46(74)42(70)38(66)32(17-61)82-54/h22-23,25-56,60-63,65-77H,6-21H2,1-5H3/t22-,23+,25-,26+,27-,28+,29+,30+,31-,32-,33-,34-,35-,36+,37-,38-,39-,40-,41+,42+,43+,44-,45-,46-,47-,48-,49+,50+,51-,52-,53-,54+,55+,56+,57+,58+,59-/m1/s1. The Balaban J connectivity index is 0.781. The molecular weight excluding hydrogens is 1190 g/mol. The van der Waals surface area contributed by atoms with Crippen LogP contribution >= 0.6 is 0 Å². The number of carbonyl (C=O) groups excluding carboxylic acids is 1. The van der Waals surface area contributed by atoms with Crippen LogP contribution in [0.2, 0.25) is 0 Å². The van der Waals surface area contributed by atoms with Gasteiger partial charge in [0.15, 0.2) is 37.2 Å². The van der Waals surface area contributed by atoms with E-state index in [2.05, 4.69) is 20.8 Å². The van der Waals surface area contributed by atoms with Crippen molar-refractivity contribution in [1.29, 1.82) is 0 Å². The van der Waals surface area contributed by atoms with Gasteiger partial charge in [-0.3, -0.25) is 4.79 Å². The Morgan fingerprint density at radius 2 is 1.03 bits per heavy atom. The van der Waals surface area contributed by atoms with Crippen LogP contribution in [0.15, 0.2) is 0 Å². The average Bonchev–Trinajstić information content (AvgIpc) is 1.59. The molecule has 30 heteroatoms. The van der Waals surface area contributed by atoms with Crippen LogP contribution in [0.5, 0.6) is 0 Å². The summed E-state index contributed by atoms with van der Waals surface area (Å²) < 4.78 is 71.7. The van der Waals surface area contributed by atoms with Gasteiger partial charge in [0, 0.05) is 19.3 Å². The average molecular weight is 1290 g/mol. The quantitative estimate of drug-likeness (QED) is 0.0399. The molecule has 0 radical (unpaired) electrons. The summed E-state index contributed by atoms with van der Waals surface area (Å²) in [6.45, 7) is 6.07. The maximum Gasteiger partial charge on any atom is 0.302 e. The van der Waals surface area contributed by atoms with Crippen molar-refractivity contribution in [2.24, 2.45) is 52.3 Å². The number of rotatable bonds is 20. The SMILES string of the molecule is CC(=O)OC[C@H]1O[C@@H](O[C@@H]2[C@H](O)[C@@H](O)[C@H](O[C@H]3CC[C@@]4(C)[C@H](CC[C@@H]5[C@@H]4CC[C@]4(C)[C@@H]6[C@H](C[C@@H]54)O[C@](O)(CC[C@@H](C)CO[C@@H]4O[C@H](CO)[C@@H](O)[C@H](O)[C@H]4O)[C@H]6C)C3)O[C@@H]2CO)[C@H](O[C@@H]2O[C@H](CO)[C@@H](O)[C@H](O)[C@H]2O)[C@@H](O[C@@H]2O[C@H](CO)[C@@H](O)[C@H](O)[C@H]2O)[C@@H]1O. The predicted molar refractivity (Wildman–Crippen MR) is 294 cm³/mol. The zero-order chi connectivity index (χ0) is 64.5. The molecular formula is C59H98O30. The Morgan fingerprint density at radius 3 is 1.62 bits per heavy atom. The minimum atomic E-state index is -2.09. The molecule has 30 nitrogen and oxygen atoms in total. The molecule has 0 aromatic rings. The molecule has 10 aliphatic rings. The van der Waals surface area contributed by atoms with Crippen molar-refractivity contribution < 1.29 is 148 Å². The molecule has 514 valence electrons. The Hall–Kier alpha value is -1.65. The highest BCUT2D eigenvalue weighted by molar-refractivity contribution is 5.65.